The fourth-order valence-corrected chi connectivity index (χ4v) is 19.0. The second-order valence-electron chi connectivity index (χ2n) is 28.8. The van der Waals surface area contributed by atoms with Crippen LogP contribution in [0.2, 0.25) is 0 Å². The van der Waals surface area contributed by atoms with Crippen LogP contribution in [0.25, 0.3) is 43.6 Å². The van der Waals surface area contributed by atoms with E-state index in [1.807, 2.05) is 149 Å². The van der Waals surface area contributed by atoms with Crippen LogP contribution >= 0.6 is 0 Å². The maximum absolute atomic E-state index is 13.2. The van der Waals surface area contributed by atoms with Gasteiger partial charge in [-0.15, -0.1) is 0 Å². The average Bonchev–Trinajstić information content (AvgIpc) is 0.793. The summed E-state index contributed by atoms with van der Waals surface area (Å²) in [4.78, 5) is 69.1. The molecule has 8 N–H and O–H groups in total. The summed E-state index contributed by atoms with van der Waals surface area (Å²) in [5.74, 6) is -1.44. The second kappa shape index (κ2) is 40.9. The lowest BCUT2D eigenvalue weighted by Gasteiger charge is -2.19. The molecule has 0 aliphatic carbocycles. The third kappa shape index (κ3) is 22.0. The highest BCUT2D eigenvalue weighted by molar-refractivity contribution is 7.94. The Morgan fingerprint density at radius 2 is 0.452 bits per heavy atom. The van der Waals surface area contributed by atoms with Crippen molar-refractivity contribution in [3.05, 3.63) is 409 Å². The van der Waals surface area contributed by atoms with Crippen molar-refractivity contribution in [2.24, 2.45) is 0 Å². The molecule has 0 unspecified atom stereocenters. The number of hydrogen-bond donors (Lipinski definition) is 8. The van der Waals surface area contributed by atoms with Gasteiger partial charge in [-0.2, -0.15) is 0 Å². The molecule has 0 aliphatic rings. The summed E-state index contributed by atoms with van der Waals surface area (Å²) in [5.41, 5.74) is 7.18. The lowest BCUT2D eigenvalue weighted by molar-refractivity contribution is 0.0928. The molecule has 0 fully saturated rings. The number of benzene rings is 12. The summed E-state index contributed by atoms with van der Waals surface area (Å²) < 4.78 is 116. The first-order valence-electron chi connectivity index (χ1n) is 40.2. The maximum Gasteiger partial charge on any atom is 0.264 e. The molecule has 16 rings (SSSR count). The molecule has 126 heavy (non-hydrogen) atoms. The number of aromatic nitrogens is 4. The number of amides is 4. The number of fused-ring (bicyclic) bond motifs is 4. The van der Waals surface area contributed by atoms with Gasteiger partial charge in [-0.1, -0.05) is 257 Å². The van der Waals surface area contributed by atoms with E-state index in [1.165, 1.54) is 24.3 Å². The summed E-state index contributed by atoms with van der Waals surface area (Å²) in [6, 6.07) is 97.9. The molecule has 0 saturated carbocycles. The van der Waals surface area contributed by atoms with Gasteiger partial charge in [-0.3, -0.25) is 58.0 Å². The van der Waals surface area contributed by atoms with Gasteiger partial charge in [0.05, 0.1) is 91.2 Å². The number of carbonyl (C=O) groups is 4. The van der Waals surface area contributed by atoms with Crippen LogP contribution in [0.15, 0.2) is 384 Å². The Kier molecular flexibility index (Phi) is 28.9. The van der Waals surface area contributed by atoms with Crippen LogP contribution in [0.5, 0.6) is 0 Å². The first kappa shape index (κ1) is 88.9. The van der Waals surface area contributed by atoms with Gasteiger partial charge in [0.1, 0.15) is 19.6 Å². The molecular formula is C98H88N12O12S4. The van der Waals surface area contributed by atoms with Crippen LogP contribution in [0.3, 0.4) is 0 Å². The average molecular weight is 1750 g/mol. The minimum Gasteiger partial charge on any atom is -0.345 e. The molecule has 0 bridgehead atoms. The van der Waals surface area contributed by atoms with Gasteiger partial charge in [0.15, 0.2) is 0 Å². The lowest BCUT2D eigenvalue weighted by atomic mass is 10.0. The molecule has 16 aromatic rings. The van der Waals surface area contributed by atoms with Gasteiger partial charge >= 0.3 is 0 Å². The van der Waals surface area contributed by atoms with Crippen LogP contribution < -0.4 is 40.2 Å². The summed E-state index contributed by atoms with van der Waals surface area (Å²) >= 11 is 0. The zero-order chi connectivity index (χ0) is 88.8. The smallest absolute Gasteiger partial charge is 0.264 e. The van der Waals surface area contributed by atoms with Crippen molar-refractivity contribution in [2.75, 3.05) is 18.9 Å². The topological polar surface area (TPSA) is 353 Å². The molecule has 0 radical (unpaired) electrons. The van der Waals surface area contributed by atoms with E-state index in [4.69, 9.17) is 0 Å². The first-order valence-corrected chi connectivity index (χ1v) is 46.1. The van der Waals surface area contributed by atoms with Crippen molar-refractivity contribution in [1.82, 2.24) is 41.2 Å². The minimum atomic E-state index is -3.97. The van der Waals surface area contributed by atoms with Gasteiger partial charge in [-0.05, 0) is 146 Å². The Morgan fingerprint density at radius 1 is 0.246 bits per heavy atom. The van der Waals surface area contributed by atoms with E-state index in [1.54, 1.807) is 219 Å². The number of nitrogens with zero attached hydrogens (tertiary/aromatic N) is 4. The second-order valence-corrected chi connectivity index (χ2v) is 35.4. The van der Waals surface area contributed by atoms with Crippen LogP contribution in [0.1, 0.15) is 128 Å². The quantitative estimate of drug-likeness (QED) is 0.0250. The van der Waals surface area contributed by atoms with E-state index in [0.717, 1.165) is 33.0 Å². The van der Waals surface area contributed by atoms with Crippen molar-refractivity contribution >= 4 is 130 Å². The molecule has 4 amide bonds. The summed E-state index contributed by atoms with van der Waals surface area (Å²) in [6.45, 7) is 7.73. The van der Waals surface area contributed by atoms with Crippen molar-refractivity contribution in [1.29, 1.82) is 0 Å². The van der Waals surface area contributed by atoms with E-state index < -0.39 is 40.1 Å². The Balaban J connectivity index is 0.000000144. The predicted molar refractivity (Wildman–Crippen MR) is 495 cm³/mol. The highest BCUT2D eigenvalue weighted by Crippen LogP contribution is 2.33. The van der Waals surface area contributed by atoms with Crippen molar-refractivity contribution in [3.63, 3.8) is 0 Å². The van der Waals surface area contributed by atoms with E-state index in [-0.39, 0.29) is 112 Å². The first-order chi connectivity index (χ1) is 60.9. The number of nitrogens with one attached hydrogen (secondary N) is 8. The van der Waals surface area contributed by atoms with Crippen LogP contribution in [-0.2, 0) is 40.1 Å². The largest absolute Gasteiger partial charge is 0.345 e. The Hall–Kier alpha value is -14.8. The maximum atomic E-state index is 13.2. The molecular weight excluding hydrogens is 1670 g/mol. The van der Waals surface area contributed by atoms with Crippen LogP contribution in [0.4, 0.5) is 22.7 Å². The van der Waals surface area contributed by atoms with Gasteiger partial charge in [-0.25, -0.2) is 33.7 Å². The predicted octanol–water partition coefficient (Wildman–Crippen LogP) is 18.9. The monoisotopic (exact) mass is 1750 g/mol. The molecule has 0 aliphatic heterocycles. The zero-order valence-corrected chi connectivity index (χ0v) is 72.0. The Morgan fingerprint density at radius 3 is 0.690 bits per heavy atom. The molecule has 24 nitrogen and oxygen atoms in total. The van der Waals surface area contributed by atoms with Gasteiger partial charge in [0, 0.05) is 46.3 Å². The number of rotatable bonds is 26. The van der Waals surface area contributed by atoms with E-state index in [9.17, 15) is 52.8 Å². The SMILES string of the molecule is CC[C@@H](NC(=O)c1ccccc1NS(=O)(=O)c1cccc2cccnc12)c1ccccc1.CC[C@H](NC(=O)c1ccccc1NS(=O)(=O)c1cccc2cccnc12)c1ccccc1.C[C@@H](NC(=O)c1ccccc1NS(=O)(=O)c1cccc2cccnc12)c1ccccc1.C[C@H](NC(=O)c1ccccc1NS(=O)(=O)c1cccc2cccnc12)c1ccccc1. The number of para-hydroxylation sites is 8. The highest BCUT2D eigenvalue weighted by Gasteiger charge is 2.29. The number of hydrogen-bond acceptors (Lipinski definition) is 16. The Bertz CT molecular complexity index is 6630. The number of anilines is 4. The summed E-state index contributed by atoms with van der Waals surface area (Å²) in [7, 11) is -15.9. The fraction of sp³-hybridized carbons (Fsp3) is 0.102. The van der Waals surface area contributed by atoms with Gasteiger partial charge in [0.2, 0.25) is 0 Å². The van der Waals surface area contributed by atoms with E-state index in [0.29, 0.717) is 45.7 Å². The van der Waals surface area contributed by atoms with E-state index in [2.05, 4.69) is 60.1 Å². The fourth-order valence-electron chi connectivity index (χ4n) is 13.9. The normalized spacial score (nSPS) is 12.3. The van der Waals surface area contributed by atoms with Crippen LogP contribution in [-0.4, -0.2) is 77.2 Å². The molecule has 0 spiro atoms. The van der Waals surface area contributed by atoms with Crippen molar-refractivity contribution in [3.8, 4) is 0 Å². The molecule has 4 heterocycles. The highest BCUT2D eigenvalue weighted by atomic mass is 32.2. The Labute approximate surface area is 731 Å². The van der Waals surface area contributed by atoms with E-state index >= 15 is 0 Å². The molecule has 4 atom stereocenters. The molecule has 28 heteroatoms. The van der Waals surface area contributed by atoms with Crippen molar-refractivity contribution in [2.45, 2.75) is 84.3 Å². The standard InChI is InChI=1S/2C25H23N3O3S.2C24H21N3O3S/c2*1-2-21(18-10-4-3-5-11-18)27-25(29)20-14-6-7-15-22(20)28-32(30,31)23-16-8-12-19-13-9-17-26-24(19)23;2*1-17(18-9-3-2-4-10-18)26-24(28)20-13-5-6-14-21(20)27-31(29,30)22-15-7-11-19-12-8-16-25-23(19)22/h2*3-17,21,28H,2H2,1H3,(H,27,29);2*2-17,27H,1H3,(H,26,28)/t2*21-;2*17-/m1010/s1. The minimum absolute atomic E-state index is 0.0541. The van der Waals surface area contributed by atoms with Crippen LogP contribution in [0, 0.1) is 0 Å². The molecule has 12 aromatic carbocycles. The van der Waals surface area contributed by atoms with Crippen molar-refractivity contribution < 1.29 is 52.8 Å². The molecule has 0 saturated heterocycles. The number of pyridine rings is 4. The van der Waals surface area contributed by atoms with Gasteiger partial charge < -0.3 is 21.3 Å². The molecule has 636 valence electrons. The summed E-state index contributed by atoms with van der Waals surface area (Å²) in [5, 5.41) is 14.7. The van der Waals surface area contributed by atoms with Gasteiger partial charge in [0.25, 0.3) is 63.7 Å². The lowest BCUT2D eigenvalue weighted by Crippen LogP contribution is -2.29. The number of sulfonamides is 4. The number of carbonyl (C=O) groups excluding carboxylic acids is 4. The zero-order valence-electron chi connectivity index (χ0n) is 68.7. The third-order valence-corrected chi connectivity index (χ3v) is 25.9. The third-order valence-electron chi connectivity index (χ3n) is 20.3. The summed E-state index contributed by atoms with van der Waals surface area (Å²) in [6.07, 6.45) is 7.60. The molecule has 4 aromatic heterocycles.